The van der Waals surface area contributed by atoms with Gasteiger partial charge in [-0.15, -0.1) is 4.33 Å². The molecule has 0 saturated heterocycles. The Bertz CT molecular complexity index is 94.0. The zero-order chi connectivity index (χ0) is 6.41. The number of hydrogen-bond donors (Lipinski definition) is 2. The predicted molar refractivity (Wildman–Crippen MR) is 26.6 cm³/mol. The summed E-state index contributed by atoms with van der Waals surface area (Å²) in [4.78, 5) is 0. The molecule has 0 spiro atoms. The third kappa shape index (κ3) is 3.88. The van der Waals surface area contributed by atoms with Gasteiger partial charge in [-0.3, -0.25) is 0 Å². The van der Waals surface area contributed by atoms with Crippen LogP contribution in [0.4, 0.5) is 0 Å². The Hall–Kier alpha value is -0.300. The standard InChI is InChI=1S/C2H5NO4S/c3-1-2-8(5)7-6-4/h1,3-4H,2H2. The molecule has 48 valence electrons. The van der Waals surface area contributed by atoms with Crippen LogP contribution in [0.25, 0.3) is 0 Å². The first kappa shape index (κ1) is 7.70. The molecule has 0 radical (unpaired) electrons. The molecule has 5 nitrogen and oxygen atoms in total. The Balaban J connectivity index is 3.18. The highest BCUT2D eigenvalue weighted by Gasteiger charge is 1.94. The number of nitrogens with one attached hydrogen (secondary N) is 1. The minimum atomic E-state index is -1.74. The van der Waals surface area contributed by atoms with Crippen molar-refractivity contribution in [3.05, 3.63) is 0 Å². The van der Waals surface area contributed by atoms with E-state index in [1.54, 1.807) is 0 Å². The summed E-state index contributed by atoms with van der Waals surface area (Å²) in [6.07, 6.45) is 0.884. The van der Waals surface area contributed by atoms with Crippen LogP contribution in [0, 0.1) is 5.41 Å². The summed E-state index contributed by atoms with van der Waals surface area (Å²) >= 11 is -1.74. The molecule has 0 fully saturated rings. The second-order valence-corrected chi connectivity index (χ2v) is 1.89. The third-order valence-electron chi connectivity index (χ3n) is 0.326. The molecule has 1 atom stereocenters. The summed E-state index contributed by atoms with van der Waals surface area (Å²) in [7, 11) is 0. The molecule has 0 aromatic carbocycles. The summed E-state index contributed by atoms with van der Waals surface area (Å²) in [5.41, 5.74) is 0. The Labute approximate surface area is 48.3 Å². The van der Waals surface area contributed by atoms with Gasteiger partial charge in [0.05, 0.1) is 5.75 Å². The maximum Gasteiger partial charge on any atom is 0.196 e. The lowest BCUT2D eigenvalue weighted by Crippen LogP contribution is -2.01. The minimum absolute atomic E-state index is 0.0828. The number of hydrogen-bond acceptors (Lipinski definition) is 5. The van der Waals surface area contributed by atoms with E-state index in [4.69, 9.17) is 10.7 Å². The summed E-state index contributed by atoms with van der Waals surface area (Å²) in [6.45, 7) is 0. The fourth-order valence-corrected chi connectivity index (χ4v) is 0.389. The van der Waals surface area contributed by atoms with Crippen molar-refractivity contribution in [2.24, 2.45) is 0 Å². The van der Waals surface area contributed by atoms with Gasteiger partial charge in [0.2, 0.25) is 0 Å². The SMILES string of the molecule is N=CCS(=O)OOO. The van der Waals surface area contributed by atoms with Crippen molar-refractivity contribution in [3.8, 4) is 0 Å². The van der Waals surface area contributed by atoms with E-state index in [1.165, 1.54) is 0 Å². The van der Waals surface area contributed by atoms with E-state index in [2.05, 4.69) is 9.37 Å². The molecule has 0 aromatic heterocycles. The van der Waals surface area contributed by atoms with Gasteiger partial charge in [0.25, 0.3) is 0 Å². The summed E-state index contributed by atoms with van der Waals surface area (Å²) in [5.74, 6) is -0.0828. The minimum Gasteiger partial charge on any atom is -0.312 e. The average Bonchev–Trinajstić information content (AvgIpc) is 1.68. The summed E-state index contributed by atoms with van der Waals surface area (Å²) in [6, 6.07) is 0. The molecule has 0 aliphatic carbocycles. The molecule has 6 heteroatoms. The van der Waals surface area contributed by atoms with Crippen molar-refractivity contribution in [1.29, 1.82) is 5.41 Å². The Morgan fingerprint density at radius 1 is 1.88 bits per heavy atom. The monoisotopic (exact) mass is 139 g/mol. The first-order valence-electron chi connectivity index (χ1n) is 1.67. The Kier molecular flexibility index (Phi) is 4.67. The van der Waals surface area contributed by atoms with E-state index in [9.17, 15) is 4.21 Å². The molecule has 0 aliphatic heterocycles. The molecule has 0 aromatic rings. The first-order chi connectivity index (χ1) is 3.81. The lowest BCUT2D eigenvalue weighted by Gasteiger charge is -1.88. The quantitative estimate of drug-likeness (QED) is 0.319. The first-order valence-corrected chi connectivity index (χ1v) is 2.91. The molecule has 1 unspecified atom stereocenters. The van der Waals surface area contributed by atoms with Crippen molar-refractivity contribution in [2.45, 2.75) is 0 Å². The summed E-state index contributed by atoms with van der Waals surface area (Å²) in [5, 5.41) is 16.9. The second-order valence-electron chi connectivity index (χ2n) is 0.817. The number of rotatable bonds is 4. The van der Waals surface area contributed by atoms with Gasteiger partial charge in [-0.1, -0.05) is 5.04 Å². The van der Waals surface area contributed by atoms with Crippen LogP contribution in [0.5, 0.6) is 0 Å². The third-order valence-corrected chi connectivity index (χ3v) is 0.977. The van der Waals surface area contributed by atoms with E-state index in [0.29, 0.717) is 0 Å². The normalized spacial score (nSPS) is 13.1. The summed E-state index contributed by atoms with van der Waals surface area (Å²) < 4.78 is 13.8. The van der Waals surface area contributed by atoms with Crippen LogP contribution in [-0.4, -0.2) is 21.4 Å². The van der Waals surface area contributed by atoms with Crippen LogP contribution in [0.2, 0.25) is 0 Å². The molecule has 0 heterocycles. The maximum absolute atomic E-state index is 10.1. The molecule has 0 aliphatic rings. The second kappa shape index (κ2) is 4.85. The van der Waals surface area contributed by atoms with Crippen molar-refractivity contribution in [3.63, 3.8) is 0 Å². The van der Waals surface area contributed by atoms with Crippen LogP contribution in [0.15, 0.2) is 0 Å². The highest BCUT2D eigenvalue weighted by Crippen LogP contribution is 1.80. The lowest BCUT2D eigenvalue weighted by atomic mass is 10.9. The van der Waals surface area contributed by atoms with E-state index in [1.807, 2.05) is 0 Å². The van der Waals surface area contributed by atoms with Gasteiger partial charge in [0, 0.05) is 6.21 Å². The van der Waals surface area contributed by atoms with Gasteiger partial charge in [0.1, 0.15) is 0 Å². The predicted octanol–water partition coefficient (Wildman–Crippen LogP) is -0.279. The zero-order valence-corrected chi connectivity index (χ0v) is 4.68. The fraction of sp³-hybridized carbons (Fsp3) is 0.500. The Morgan fingerprint density at radius 3 is 2.88 bits per heavy atom. The fourth-order valence-electron chi connectivity index (χ4n) is 0.130. The molecular formula is C2H5NO4S. The van der Waals surface area contributed by atoms with Gasteiger partial charge in [-0.2, -0.15) is 0 Å². The highest BCUT2D eigenvalue weighted by molar-refractivity contribution is 7.80. The van der Waals surface area contributed by atoms with Crippen LogP contribution >= 0.6 is 0 Å². The van der Waals surface area contributed by atoms with E-state index >= 15 is 0 Å². The molecule has 0 rings (SSSR count). The van der Waals surface area contributed by atoms with Crippen molar-refractivity contribution in [1.82, 2.24) is 0 Å². The van der Waals surface area contributed by atoms with Crippen LogP contribution in [0.3, 0.4) is 0 Å². The van der Waals surface area contributed by atoms with E-state index < -0.39 is 11.1 Å². The van der Waals surface area contributed by atoms with Gasteiger partial charge in [-0.05, 0) is 0 Å². The molecular weight excluding hydrogens is 134 g/mol. The van der Waals surface area contributed by atoms with Gasteiger partial charge >= 0.3 is 0 Å². The van der Waals surface area contributed by atoms with E-state index in [-0.39, 0.29) is 5.75 Å². The van der Waals surface area contributed by atoms with E-state index in [0.717, 1.165) is 6.21 Å². The van der Waals surface area contributed by atoms with Crippen molar-refractivity contribution >= 4 is 17.3 Å². The van der Waals surface area contributed by atoms with Crippen LogP contribution < -0.4 is 0 Å². The van der Waals surface area contributed by atoms with Gasteiger partial charge in [0.15, 0.2) is 11.1 Å². The highest BCUT2D eigenvalue weighted by atomic mass is 32.2. The average molecular weight is 139 g/mol. The molecule has 8 heavy (non-hydrogen) atoms. The molecule has 2 N–H and O–H groups in total. The van der Waals surface area contributed by atoms with Gasteiger partial charge in [-0.25, -0.2) is 9.47 Å². The smallest absolute Gasteiger partial charge is 0.196 e. The molecule has 0 bridgehead atoms. The largest absolute Gasteiger partial charge is 0.312 e. The zero-order valence-electron chi connectivity index (χ0n) is 3.86. The lowest BCUT2D eigenvalue weighted by molar-refractivity contribution is -0.434. The van der Waals surface area contributed by atoms with Crippen LogP contribution in [0.1, 0.15) is 0 Å². The van der Waals surface area contributed by atoms with Crippen LogP contribution in [-0.2, 0) is 20.5 Å². The Morgan fingerprint density at radius 2 is 2.50 bits per heavy atom. The molecule has 0 saturated carbocycles. The molecule has 0 amide bonds. The van der Waals surface area contributed by atoms with Crippen molar-refractivity contribution in [2.75, 3.05) is 5.75 Å². The van der Waals surface area contributed by atoms with Crippen molar-refractivity contribution < 1.29 is 18.8 Å². The topological polar surface area (TPSA) is 79.6 Å². The maximum atomic E-state index is 10.1. The van der Waals surface area contributed by atoms with Gasteiger partial charge < -0.3 is 5.41 Å².